The molecule has 0 aromatic heterocycles. The molecule has 4 rings (SSSR count). The smallest absolute Gasteiger partial charge is 0.409 e. The SMILES string of the molecule is CN(C)C(=O)O[C@H]1CO[C@H]2[C@@H]1OC[C@H]2OC(=O)c1ccccc1OCc1ccccc1. The lowest BCUT2D eigenvalue weighted by molar-refractivity contribution is -0.0256. The van der Waals surface area contributed by atoms with Gasteiger partial charge >= 0.3 is 12.1 Å². The highest BCUT2D eigenvalue weighted by molar-refractivity contribution is 5.92. The summed E-state index contributed by atoms with van der Waals surface area (Å²) in [4.78, 5) is 26.0. The number of carbonyl (C=O) groups excluding carboxylic acids is 2. The fraction of sp³-hybridized carbons (Fsp3) is 0.391. The summed E-state index contributed by atoms with van der Waals surface area (Å²) in [6.45, 7) is 0.703. The molecule has 2 aromatic rings. The fourth-order valence-corrected chi connectivity index (χ4v) is 3.56. The van der Waals surface area contributed by atoms with E-state index in [-0.39, 0.29) is 13.2 Å². The first-order valence-electron chi connectivity index (χ1n) is 10.1. The van der Waals surface area contributed by atoms with Crippen LogP contribution in [0.5, 0.6) is 5.75 Å². The van der Waals surface area contributed by atoms with Crippen molar-refractivity contribution >= 4 is 12.1 Å². The van der Waals surface area contributed by atoms with Gasteiger partial charge in [0.15, 0.2) is 12.2 Å². The number of esters is 1. The Bertz CT molecular complexity index is 917. The standard InChI is InChI=1S/C23H25NO7/c1-24(2)23(26)31-19-14-29-20-18(13-28-21(19)20)30-22(25)16-10-6-7-11-17(16)27-12-15-8-4-3-5-9-15/h3-11,18-21H,12-14H2,1-2H3/t18-,19+,20-,21-/m1/s1. The summed E-state index contributed by atoms with van der Waals surface area (Å²) in [7, 11) is 3.21. The van der Waals surface area contributed by atoms with E-state index in [1.807, 2.05) is 30.3 Å². The van der Waals surface area contributed by atoms with Gasteiger partial charge in [0.05, 0.1) is 13.2 Å². The van der Waals surface area contributed by atoms with Crippen LogP contribution in [0.2, 0.25) is 0 Å². The molecule has 31 heavy (non-hydrogen) atoms. The first-order valence-corrected chi connectivity index (χ1v) is 10.1. The summed E-state index contributed by atoms with van der Waals surface area (Å²) >= 11 is 0. The molecule has 8 nitrogen and oxygen atoms in total. The normalized spacial score (nSPS) is 24.3. The van der Waals surface area contributed by atoms with E-state index in [1.165, 1.54) is 4.90 Å². The highest BCUT2D eigenvalue weighted by Gasteiger charge is 2.51. The molecule has 0 radical (unpaired) electrons. The Morgan fingerprint density at radius 2 is 1.52 bits per heavy atom. The van der Waals surface area contributed by atoms with E-state index in [0.29, 0.717) is 17.9 Å². The Morgan fingerprint density at radius 3 is 2.19 bits per heavy atom. The number of ether oxygens (including phenoxy) is 5. The average Bonchev–Trinajstić information content (AvgIpc) is 3.36. The van der Waals surface area contributed by atoms with Gasteiger partial charge in [0.1, 0.15) is 30.1 Å². The van der Waals surface area contributed by atoms with Crippen molar-refractivity contribution in [2.24, 2.45) is 0 Å². The highest BCUT2D eigenvalue weighted by atomic mass is 16.7. The van der Waals surface area contributed by atoms with Gasteiger partial charge in [-0.1, -0.05) is 42.5 Å². The Balaban J connectivity index is 1.38. The largest absolute Gasteiger partial charge is 0.488 e. The van der Waals surface area contributed by atoms with Crippen LogP contribution in [-0.4, -0.2) is 68.7 Å². The van der Waals surface area contributed by atoms with Gasteiger partial charge in [-0.05, 0) is 17.7 Å². The third-order valence-corrected chi connectivity index (χ3v) is 5.18. The molecule has 0 bridgehead atoms. The van der Waals surface area contributed by atoms with Crippen molar-refractivity contribution in [3.05, 3.63) is 65.7 Å². The molecule has 2 heterocycles. The van der Waals surface area contributed by atoms with Crippen LogP contribution in [-0.2, 0) is 25.6 Å². The number of benzene rings is 2. The van der Waals surface area contributed by atoms with Crippen LogP contribution in [0.4, 0.5) is 4.79 Å². The van der Waals surface area contributed by atoms with Crippen molar-refractivity contribution in [3.8, 4) is 5.75 Å². The number of fused-ring (bicyclic) bond motifs is 1. The Kier molecular flexibility index (Phi) is 6.39. The van der Waals surface area contributed by atoms with Gasteiger partial charge in [0.2, 0.25) is 0 Å². The minimum absolute atomic E-state index is 0.171. The van der Waals surface area contributed by atoms with Crippen molar-refractivity contribution in [3.63, 3.8) is 0 Å². The van der Waals surface area contributed by atoms with Crippen LogP contribution in [0.25, 0.3) is 0 Å². The van der Waals surface area contributed by atoms with E-state index in [2.05, 4.69) is 0 Å². The average molecular weight is 427 g/mol. The quantitative estimate of drug-likeness (QED) is 0.656. The first-order chi connectivity index (χ1) is 15.0. The third-order valence-electron chi connectivity index (χ3n) is 5.18. The highest BCUT2D eigenvalue weighted by Crippen LogP contribution is 2.32. The van der Waals surface area contributed by atoms with Gasteiger partial charge in [0.25, 0.3) is 0 Å². The second-order valence-electron chi connectivity index (χ2n) is 7.63. The lowest BCUT2D eigenvalue weighted by atomic mass is 10.1. The predicted molar refractivity (Wildman–Crippen MR) is 110 cm³/mol. The van der Waals surface area contributed by atoms with E-state index in [1.54, 1.807) is 38.4 Å². The molecule has 0 unspecified atom stereocenters. The molecule has 1 amide bonds. The predicted octanol–water partition coefficient (Wildman–Crippen LogP) is 2.66. The summed E-state index contributed by atoms with van der Waals surface area (Å²) in [5.41, 5.74) is 1.32. The number of para-hydroxylation sites is 1. The van der Waals surface area contributed by atoms with Crippen LogP contribution in [0.3, 0.4) is 0 Å². The number of hydrogen-bond acceptors (Lipinski definition) is 7. The second-order valence-corrected chi connectivity index (χ2v) is 7.63. The summed E-state index contributed by atoms with van der Waals surface area (Å²) in [6.07, 6.45) is -2.55. The number of amides is 1. The van der Waals surface area contributed by atoms with Gasteiger partial charge in [-0.2, -0.15) is 0 Å². The third kappa shape index (κ3) is 4.81. The maximum atomic E-state index is 12.9. The monoisotopic (exact) mass is 427 g/mol. The van der Waals surface area contributed by atoms with Crippen LogP contribution < -0.4 is 4.74 Å². The molecule has 2 saturated heterocycles. The van der Waals surface area contributed by atoms with Crippen molar-refractivity contribution in [2.45, 2.75) is 31.0 Å². The number of nitrogens with zero attached hydrogens (tertiary/aromatic N) is 1. The van der Waals surface area contributed by atoms with Gasteiger partial charge in [-0.25, -0.2) is 9.59 Å². The molecule has 8 heteroatoms. The second kappa shape index (κ2) is 9.36. The van der Waals surface area contributed by atoms with Gasteiger partial charge in [0, 0.05) is 14.1 Å². The molecule has 0 N–H and O–H groups in total. The Labute approximate surface area is 180 Å². The van der Waals surface area contributed by atoms with Crippen LogP contribution in [0, 0.1) is 0 Å². The zero-order chi connectivity index (χ0) is 21.8. The summed E-state index contributed by atoms with van der Waals surface area (Å²) in [5, 5.41) is 0. The van der Waals surface area contributed by atoms with Gasteiger partial charge in [-0.3, -0.25) is 0 Å². The molecule has 0 saturated carbocycles. The molecule has 4 atom stereocenters. The minimum Gasteiger partial charge on any atom is -0.488 e. The molecular weight excluding hydrogens is 402 g/mol. The van der Waals surface area contributed by atoms with Crippen molar-refractivity contribution < 1.29 is 33.3 Å². The van der Waals surface area contributed by atoms with Crippen molar-refractivity contribution in [1.29, 1.82) is 0 Å². The minimum atomic E-state index is -0.595. The maximum absolute atomic E-state index is 12.9. The van der Waals surface area contributed by atoms with Gasteiger partial charge in [-0.15, -0.1) is 0 Å². The zero-order valence-corrected chi connectivity index (χ0v) is 17.4. The summed E-state index contributed by atoms with van der Waals surface area (Å²) in [6, 6.07) is 16.6. The van der Waals surface area contributed by atoms with E-state index in [9.17, 15) is 9.59 Å². The van der Waals surface area contributed by atoms with E-state index < -0.39 is 36.5 Å². The molecule has 0 spiro atoms. The number of carbonyl (C=O) groups is 2. The lowest BCUT2D eigenvalue weighted by Gasteiger charge is -2.19. The molecule has 2 aliphatic rings. The topological polar surface area (TPSA) is 83.5 Å². The Hall–Kier alpha value is -3.10. The lowest BCUT2D eigenvalue weighted by Crippen LogP contribution is -2.37. The molecule has 2 aromatic carbocycles. The number of rotatable bonds is 6. The molecule has 2 aliphatic heterocycles. The number of hydrogen-bond donors (Lipinski definition) is 0. The fourth-order valence-electron chi connectivity index (χ4n) is 3.56. The molecular formula is C23H25NO7. The molecule has 2 fully saturated rings. The zero-order valence-electron chi connectivity index (χ0n) is 17.4. The molecule has 164 valence electrons. The maximum Gasteiger partial charge on any atom is 0.409 e. The summed E-state index contributed by atoms with van der Waals surface area (Å²) in [5.74, 6) is -0.0767. The Morgan fingerprint density at radius 1 is 0.903 bits per heavy atom. The van der Waals surface area contributed by atoms with Gasteiger partial charge < -0.3 is 28.6 Å². The molecule has 0 aliphatic carbocycles. The van der Waals surface area contributed by atoms with E-state index >= 15 is 0 Å². The van der Waals surface area contributed by atoms with Crippen LogP contribution in [0.15, 0.2) is 54.6 Å². The summed E-state index contributed by atoms with van der Waals surface area (Å²) < 4.78 is 28.4. The van der Waals surface area contributed by atoms with E-state index in [0.717, 1.165) is 5.56 Å². The first kappa shape index (κ1) is 21.1. The van der Waals surface area contributed by atoms with Crippen molar-refractivity contribution in [2.75, 3.05) is 27.3 Å². The van der Waals surface area contributed by atoms with E-state index in [4.69, 9.17) is 23.7 Å². The van der Waals surface area contributed by atoms with Crippen LogP contribution in [0.1, 0.15) is 15.9 Å². The van der Waals surface area contributed by atoms with Crippen LogP contribution >= 0.6 is 0 Å². The van der Waals surface area contributed by atoms with Crippen molar-refractivity contribution in [1.82, 2.24) is 4.90 Å².